The summed E-state index contributed by atoms with van der Waals surface area (Å²) in [6.07, 6.45) is 8.81. The molecule has 5 nitrogen and oxygen atoms in total. The van der Waals surface area contributed by atoms with Crippen LogP contribution in [0.4, 0.5) is 0 Å². The lowest BCUT2D eigenvalue weighted by atomic mass is 10.1. The maximum Gasteiger partial charge on any atom is 0.244 e. The molecule has 0 aliphatic carbocycles. The molecule has 1 saturated heterocycles. The number of carbonyl (C=O) groups is 1. The lowest BCUT2D eigenvalue weighted by molar-refractivity contribution is -0.117. The monoisotopic (exact) mass is 289 g/mol. The highest BCUT2D eigenvalue weighted by molar-refractivity contribution is 5.91. The van der Waals surface area contributed by atoms with E-state index in [9.17, 15) is 4.79 Å². The third kappa shape index (κ3) is 5.65. The van der Waals surface area contributed by atoms with Gasteiger partial charge in [0.15, 0.2) is 0 Å². The zero-order valence-corrected chi connectivity index (χ0v) is 12.5. The Hall–Kier alpha value is -1.72. The molecule has 1 aliphatic heterocycles. The number of nitrogens with zero attached hydrogens (tertiary/aromatic N) is 2. The van der Waals surface area contributed by atoms with Crippen LogP contribution in [-0.4, -0.2) is 55.2 Å². The van der Waals surface area contributed by atoms with Gasteiger partial charge in [-0.2, -0.15) is 0 Å². The second-order valence-electron chi connectivity index (χ2n) is 5.24. The van der Waals surface area contributed by atoms with Crippen molar-refractivity contribution in [2.24, 2.45) is 0 Å². The van der Waals surface area contributed by atoms with Gasteiger partial charge in [-0.3, -0.25) is 9.78 Å². The Morgan fingerprint density at radius 2 is 2.33 bits per heavy atom. The van der Waals surface area contributed by atoms with E-state index in [-0.39, 0.29) is 11.9 Å². The Bertz CT molecular complexity index is 454. The molecule has 2 rings (SSSR count). The quantitative estimate of drug-likeness (QED) is 0.803. The van der Waals surface area contributed by atoms with Crippen molar-refractivity contribution in [2.75, 3.05) is 33.4 Å². The van der Waals surface area contributed by atoms with Crippen LogP contribution < -0.4 is 5.32 Å². The molecule has 1 aromatic heterocycles. The van der Waals surface area contributed by atoms with Crippen molar-refractivity contribution < 1.29 is 9.53 Å². The first-order valence-corrected chi connectivity index (χ1v) is 7.38. The summed E-state index contributed by atoms with van der Waals surface area (Å²) >= 11 is 0. The number of likely N-dealkylation sites (tertiary alicyclic amines) is 1. The number of amides is 1. The number of nitrogens with one attached hydrogen (secondary N) is 1. The van der Waals surface area contributed by atoms with Crippen LogP contribution in [0.15, 0.2) is 30.6 Å². The smallest absolute Gasteiger partial charge is 0.244 e. The average molecular weight is 289 g/mol. The van der Waals surface area contributed by atoms with Crippen LogP contribution in [0.3, 0.4) is 0 Å². The highest BCUT2D eigenvalue weighted by atomic mass is 16.5. The van der Waals surface area contributed by atoms with Gasteiger partial charge in [-0.25, -0.2) is 0 Å². The molecule has 0 atom stereocenters. The fraction of sp³-hybridized carbons (Fsp3) is 0.500. The Morgan fingerprint density at radius 3 is 3.00 bits per heavy atom. The molecule has 0 bridgehead atoms. The van der Waals surface area contributed by atoms with Crippen LogP contribution >= 0.6 is 0 Å². The van der Waals surface area contributed by atoms with Crippen LogP contribution in [0.2, 0.25) is 0 Å². The van der Waals surface area contributed by atoms with Crippen molar-refractivity contribution in [1.82, 2.24) is 15.2 Å². The van der Waals surface area contributed by atoms with Gasteiger partial charge in [0, 0.05) is 51.3 Å². The summed E-state index contributed by atoms with van der Waals surface area (Å²) in [4.78, 5) is 18.3. The van der Waals surface area contributed by atoms with Crippen molar-refractivity contribution in [3.8, 4) is 0 Å². The molecule has 0 unspecified atom stereocenters. The Labute approximate surface area is 126 Å². The van der Waals surface area contributed by atoms with E-state index < -0.39 is 0 Å². The molecule has 1 amide bonds. The zero-order valence-electron chi connectivity index (χ0n) is 12.5. The number of pyridine rings is 1. The number of methoxy groups -OCH3 is 1. The molecule has 1 aromatic rings. The van der Waals surface area contributed by atoms with Gasteiger partial charge in [0.25, 0.3) is 0 Å². The number of aromatic nitrogens is 1. The van der Waals surface area contributed by atoms with Crippen molar-refractivity contribution in [1.29, 1.82) is 0 Å². The molecular weight excluding hydrogens is 266 g/mol. The molecule has 1 fully saturated rings. The molecule has 5 heteroatoms. The van der Waals surface area contributed by atoms with Gasteiger partial charge < -0.3 is 15.0 Å². The van der Waals surface area contributed by atoms with Crippen molar-refractivity contribution in [3.63, 3.8) is 0 Å². The predicted molar refractivity (Wildman–Crippen MR) is 82.8 cm³/mol. The fourth-order valence-electron chi connectivity index (χ4n) is 2.42. The lowest BCUT2D eigenvalue weighted by Crippen LogP contribution is -2.45. The minimum absolute atomic E-state index is 0.0332. The van der Waals surface area contributed by atoms with Crippen molar-refractivity contribution in [3.05, 3.63) is 36.2 Å². The molecule has 0 aromatic carbocycles. The first kappa shape index (κ1) is 15.7. The van der Waals surface area contributed by atoms with E-state index in [2.05, 4.69) is 15.2 Å². The maximum atomic E-state index is 11.9. The van der Waals surface area contributed by atoms with Crippen molar-refractivity contribution >= 4 is 12.0 Å². The molecule has 0 spiro atoms. The third-order valence-electron chi connectivity index (χ3n) is 3.66. The maximum absolute atomic E-state index is 11.9. The van der Waals surface area contributed by atoms with Crippen LogP contribution in [-0.2, 0) is 9.53 Å². The summed E-state index contributed by atoms with van der Waals surface area (Å²) in [5.41, 5.74) is 0.932. The Balaban J connectivity index is 1.71. The summed E-state index contributed by atoms with van der Waals surface area (Å²) in [7, 11) is 1.72. The van der Waals surface area contributed by atoms with Gasteiger partial charge in [-0.15, -0.1) is 0 Å². The van der Waals surface area contributed by atoms with Crippen LogP contribution in [0, 0.1) is 0 Å². The van der Waals surface area contributed by atoms with Crippen LogP contribution in [0.5, 0.6) is 0 Å². The van der Waals surface area contributed by atoms with E-state index in [4.69, 9.17) is 4.74 Å². The number of ether oxygens (including phenoxy) is 1. The van der Waals surface area contributed by atoms with E-state index >= 15 is 0 Å². The summed E-state index contributed by atoms with van der Waals surface area (Å²) in [6, 6.07) is 4.05. The largest absolute Gasteiger partial charge is 0.383 e. The van der Waals surface area contributed by atoms with Crippen LogP contribution in [0.25, 0.3) is 6.08 Å². The number of hydrogen-bond acceptors (Lipinski definition) is 4. The molecule has 21 heavy (non-hydrogen) atoms. The molecular formula is C16H23N3O2. The average Bonchev–Trinajstić information content (AvgIpc) is 2.53. The van der Waals surface area contributed by atoms with Gasteiger partial charge in [-0.05, 0) is 30.5 Å². The second kappa shape index (κ2) is 8.54. The van der Waals surface area contributed by atoms with Crippen molar-refractivity contribution in [2.45, 2.75) is 18.9 Å². The molecule has 1 aliphatic rings. The Kier molecular flexibility index (Phi) is 6.37. The summed E-state index contributed by atoms with van der Waals surface area (Å²) in [6.45, 7) is 3.77. The normalized spacial score (nSPS) is 17.2. The topological polar surface area (TPSA) is 54.5 Å². The zero-order chi connectivity index (χ0) is 14.9. The second-order valence-corrected chi connectivity index (χ2v) is 5.24. The third-order valence-corrected chi connectivity index (χ3v) is 3.66. The molecule has 0 radical (unpaired) electrons. The summed E-state index contributed by atoms with van der Waals surface area (Å²) in [5, 5.41) is 3.06. The standard InChI is InChI=1S/C16H23N3O2/c1-21-12-11-19-9-6-15(7-10-19)18-16(20)5-4-14-3-2-8-17-13-14/h2-5,8,13,15H,6-7,9-12H2,1H3,(H,18,20)/b5-4-. The molecule has 0 saturated carbocycles. The van der Waals surface area contributed by atoms with E-state index in [1.807, 2.05) is 12.1 Å². The summed E-state index contributed by atoms with van der Waals surface area (Å²) < 4.78 is 5.08. The van der Waals surface area contributed by atoms with E-state index in [0.717, 1.165) is 44.6 Å². The molecule has 2 heterocycles. The van der Waals surface area contributed by atoms with Gasteiger partial charge in [0.2, 0.25) is 5.91 Å². The van der Waals surface area contributed by atoms with Gasteiger partial charge >= 0.3 is 0 Å². The van der Waals surface area contributed by atoms with Gasteiger partial charge in [0.1, 0.15) is 0 Å². The van der Waals surface area contributed by atoms with E-state index in [1.54, 1.807) is 31.7 Å². The van der Waals surface area contributed by atoms with Gasteiger partial charge in [-0.1, -0.05) is 6.07 Å². The molecule has 1 N–H and O–H groups in total. The number of hydrogen-bond donors (Lipinski definition) is 1. The van der Waals surface area contributed by atoms with E-state index in [0.29, 0.717) is 0 Å². The first-order valence-electron chi connectivity index (χ1n) is 7.38. The highest BCUT2D eigenvalue weighted by Crippen LogP contribution is 2.10. The number of carbonyl (C=O) groups excluding carboxylic acids is 1. The number of piperidine rings is 1. The van der Waals surface area contributed by atoms with E-state index in [1.165, 1.54) is 0 Å². The van der Waals surface area contributed by atoms with Gasteiger partial charge in [0.05, 0.1) is 6.61 Å². The molecule has 114 valence electrons. The lowest BCUT2D eigenvalue weighted by Gasteiger charge is -2.31. The fourth-order valence-corrected chi connectivity index (χ4v) is 2.42. The van der Waals surface area contributed by atoms with Crippen LogP contribution in [0.1, 0.15) is 18.4 Å². The SMILES string of the molecule is COCCN1CCC(NC(=O)/C=C\c2cccnc2)CC1. The minimum atomic E-state index is -0.0332. The first-order chi connectivity index (χ1) is 10.3. The number of rotatable bonds is 6. The highest BCUT2D eigenvalue weighted by Gasteiger charge is 2.19. The summed E-state index contributed by atoms with van der Waals surface area (Å²) in [5.74, 6) is -0.0332. The minimum Gasteiger partial charge on any atom is -0.383 e. The predicted octanol–water partition coefficient (Wildman–Crippen LogP) is 1.32. The Morgan fingerprint density at radius 1 is 1.52 bits per heavy atom.